The molecule has 0 radical (unpaired) electrons. The molecular weight excluding hydrogens is 318 g/mol. The minimum atomic E-state index is 0.00431. The first-order chi connectivity index (χ1) is 11.2. The van der Waals surface area contributed by atoms with Gasteiger partial charge in [0.1, 0.15) is 6.54 Å². The van der Waals surface area contributed by atoms with Gasteiger partial charge in [-0.05, 0) is 23.8 Å². The van der Waals surface area contributed by atoms with Gasteiger partial charge in [0.15, 0.2) is 6.29 Å². The van der Waals surface area contributed by atoms with Crippen molar-refractivity contribution in [1.29, 1.82) is 0 Å². The predicted octanol–water partition coefficient (Wildman–Crippen LogP) is 1.87. The first kappa shape index (κ1) is 15.7. The van der Waals surface area contributed by atoms with Crippen LogP contribution in [0, 0.1) is 0 Å². The summed E-state index contributed by atoms with van der Waals surface area (Å²) >= 11 is 6.00. The Morgan fingerprint density at radius 1 is 1.35 bits per heavy atom. The number of hydrogen-bond donors (Lipinski definition) is 0. The second-order valence-electron chi connectivity index (χ2n) is 5.27. The molecular formula is C16H16ClN3O3. The number of aromatic nitrogens is 2. The second-order valence-corrected chi connectivity index (χ2v) is 5.71. The van der Waals surface area contributed by atoms with E-state index in [4.69, 9.17) is 16.3 Å². The van der Waals surface area contributed by atoms with Gasteiger partial charge in [0, 0.05) is 35.4 Å². The van der Waals surface area contributed by atoms with E-state index in [0.29, 0.717) is 42.5 Å². The molecule has 23 heavy (non-hydrogen) atoms. The Balaban J connectivity index is 1.77. The summed E-state index contributed by atoms with van der Waals surface area (Å²) < 4.78 is 6.81. The first-order valence-corrected chi connectivity index (χ1v) is 7.68. The van der Waals surface area contributed by atoms with Gasteiger partial charge in [-0.2, -0.15) is 5.10 Å². The average Bonchev–Trinajstić information content (AvgIpc) is 3.04. The third kappa shape index (κ3) is 3.60. The molecule has 1 aliphatic rings. The summed E-state index contributed by atoms with van der Waals surface area (Å²) in [7, 11) is 0. The molecule has 3 rings (SSSR count). The van der Waals surface area contributed by atoms with Crippen molar-refractivity contribution in [2.75, 3.05) is 26.3 Å². The molecule has 0 atom stereocenters. The van der Waals surface area contributed by atoms with E-state index in [0.717, 1.165) is 11.8 Å². The lowest BCUT2D eigenvalue weighted by atomic mass is 10.0. The van der Waals surface area contributed by atoms with Crippen LogP contribution >= 0.6 is 11.6 Å². The van der Waals surface area contributed by atoms with Crippen molar-refractivity contribution in [1.82, 2.24) is 14.7 Å². The van der Waals surface area contributed by atoms with Gasteiger partial charge in [-0.1, -0.05) is 11.6 Å². The van der Waals surface area contributed by atoms with Crippen LogP contribution < -0.4 is 0 Å². The highest BCUT2D eigenvalue weighted by Crippen LogP contribution is 2.25. The van der Waals surface area contributed by atoms with Gasteiger partial charge in [-0.15, -0.1) is 0 Å². The van der Waals surface area contributed by atoms with E-state index in [-0.39, 0.29) is 12.5 Å². The number of amides is 1. The molecule has 1 fully saturated rings. The number of hydrogen-bond acceptors (Lipinski definition) is 4. The quantitative estimate of drug-likeness (QED) is 0.801. The van der Waals surface area contributed by atoms with E-state index in [1.165, 1.54) is 0 Å². The summed E-state index contributed by atoms with van der Waals surface area (Å²) in [6.07, 6.45) is 4.16. The van der Waals surface area contributed by atoms with Crippen LogP contribution in [0.25, 0.3) is 11.1 Å². The Morgan fingerprint density at radius 2 is 2.13 bits per heavy atom. The maximum Gasteiger partial charge on any atom is 0.244 e. The molecule has 0 N–H and O–H groups in total. The van der Waals surface area contributed by atoms with Crippen molar-refractivity contribution in [3.8, 4) is 11.1 Å². The summed E-state index contributed by atoms with van der Waals surface area (Å²) in [4.78, 5) is 25.1. The molecule has 6 nitrogen and oxygen atoms in total. The first-order valence-electron chi connectivity index (χ1n) is 7.30. The topological polar surface area (TPSA) is 64.4 Å². The van der Waals surface area contributed by atoms with Gasteiger partial charge in [0.2, 0.25) is 5.91 Å². The number of ether oxygens (including phenoxy) is 1. The molecule has 0 saturated carbocycles. The molecule has 120 valence electrons. The molecule has 7 heteroatoms. The smallest absolute Gasteiger partial charge is 0.244 e. The third-order valence-corrected chi connectivity index (χ3v) is 3.98. The van der Waals surface area contributed by atoms with Crippen LogP contribution in [0.3, 0.4) is 0 Å². The molecule has 1 aliphatic heterocycles. The van der Waals surface area contributed by atoms with Gasteiger partial charge in [-0.25, -0.2) is 0 Å². The highest BCUT2D eigenvalue weighted by atomic mass is 35.5. The third-order valence-electron chi connectivity index (χ3n) is 3.75. The fraction of sp³-hybridized carbons (Fsp3) is 0.312. The zero-order valence-electron chi connectivity index (χ0n) is 12.4. The lowest BCUT2D eigenvalue weighted by Crippen LogP contribution is -2.42. The number of aldehydes is 1. The molecule has 2 heterocycles. The zero-order chi connectivity index (χ0) is 16.2. The Bertz CT molecular complexity index is 723. The largest absolute Gasteiger partial charge is 0.378 e. The average molecular weight is 334 g/mol. The predicted molar refractivity (Wildman–Crippen MR) is 85.5 cm³/mol. The van der Waals surface area contributed by atoms with Crippen LogP contribution in [0.5, 0.6) is 0 Å². The van der Waals surface area contributed by atoms with Gasteiger partial charge in [-0.3, -0.25) is 14.3 Å². The van der Waals surface area contributed by atoms with Gasteiger partial charge < -0.3 is 9.64 Å². The van der Waals surface area contributed by atoms with E-state index < -0.39 is 0 Å². The highest BCUT2D eigenvalue weighted by molar-refractivity contribution is 6.31. The number of morpholine rings is 1. The fourth-order valence-electron chi connectivity index (χ4n) is 2.52. The number of carbonyl (C=O) groups excluding carboxylic acids is 2. The van der Waals surface area contributed by atoms with Crippen LogP contribution in [-0.2, 0) is 16.1 Å². The molecule has 0 aliphatic carbocycles. The number of rotatable bonds is 4. The molecule has 2 aromatic rings. The van der Waals surface area contributed by atoms with Crippen molar-refractivity contribution >= 4 is 23.8 Å². The van der Waals surface area contributed by atoms with E-state index in [2.05, 4.69) is 5.10 Å². The standard InChI is InChI=1S/C16H16ClN3O3/c17-14-2-1-12(11-21)15(7-14)13-8-18-20(9-13)10-16(22)19-3-5-23-6-4-19/h1-2,7-9,11H,3-6,10H2. The number of nitrogens with zero attached hydrogens (tertiary/aromatic N) is 3. The Labute approximate surface area is 138 Å². The normalized spacial score (nSPS) is 14.7. The summed E-state index contributed by atoms with van der Waals surface area (Å²) in [5.74, 6) is 0.00431. The van der Waals surface area contributed by atoms with Gasteiger partial charge in [0.25, 0.3) is 0 Å². The SMILES string of the molecule is O=Cc1ccc(Cl)cc1-c1cnn(CC(=O)N2CCOCC2)c1. The Hall–Kier alpha value is -2.18. The molecule has 1 saturated heterocycles. The minimum Gasteiger partial charge on any atom is -0.378 e. The lowest BCUT2D eigenvalue weighted by molar-refractivity contribution is -0.136. The minimum absolute atomic E-state index is 0.00431. The number of carbonyl (C=O) groups is 2. The molecule has 1 aromatic carbocycles. The summed E-state index contributed by atoms with van der Waals surface area (Å²) in [5, 5.41) is 4.76. The van der Waals surface area contributed by atoms with Crippen LogP contribution in [-0.4, -0.2) is 53.2 Å². The Morgan fingerprint density at radius 3 is 2.87 bits per heavy atom. The molecule has 0 bridgehead atoms. The number of benzene rings is 1. The van der Waals surface area contributed by atoms with Crippen LogP contribution in [0.1, 0.15) is 10.4 Å². The van der Waals surface area contributed by atoms with E-state index in [9.17, 15) is 9.59 Å². The van der Waals surface area contributed by atoms with E-state index in [1.54, 1.807) is 40.2 Å². The van der Waals surface area contributed by atoms with E-state index in [1.807, 2.05) is 0 Å². The fourth-order valence-corrected chi connectivity index (χ4v) is 2.69. The Kier molecular flexibility index (Phi) is 4.73. The highest BCUT2D eigenvalue weighted by Gasteiger charge is 2.17. The van der Waals surface area contributed by atoms with Crippen molar-refractivity contribution in [3.63, 3.8) is 0 Å². The second kappa shape index (κ2) is 6.93. The number of halogens is 1. The summed E-state index contributed by atoms with van der Waals surface area (Å²) in [6, 6.07) is 5.05. The summed E-state index contributed by atoms with van der Waals surface area (Å²) in [6.45, 7) is 2.52. The van der Waals surface area contributed by atoms with Gasteiger partial charge >= 0.3 is 0 Å². The van der Waals surface area contributed by atoms with Crippen molar-refractivity contribution in [2.24, 2.45) is 0 Å². The maximum atomic E-state index is 12.2. The van der Waals surface area contributed by atoms with E-state index >= 15 is 0 Å². The zero-order valence-corrected chi connectivity index (χ0v) is 13.2. The molecule has 1 amide bonds. The van der Waals surface area contributed by atoms with Gasteiger partial charge in [0.05, 0.1) is 19.4 Å². The van der Waals surface area contributed by atoms with Crippen molar-refractivity contribution in [3.05, 3.63) is 41.2 Å². The molecule has 0 spiro atoms. The maximum absolute atomic E-state index is 12.2. The lowest BCUT2D eigenvalue weighted by Gasteiger charge is -2.26. The van der Waals surface area contributed by atoms with Crippen LogP contribution in [0.4, 0.5) is 0 Å². The summed E-state index contributed by atoms with van der Waals surface area (Å²) in [5.41, 5.74) is 2.00. The molecule has 0 unspecified atom stereocenters. The van der Waals surface area contributed by atoms with Crippen molar-refractivity contribution < 1.29 is 14.3 Å². The molecule has 1 aromatic heterocycles. The monoisotopic (exact) mass is 333 g/mol. The van der Waals surface area contributed by atoms with Crippen LogP contribution in [0.15, 0.2) is 30.6 Å². The van der Waals surface area contributed by atoms with Crippen molar-refractivity contribution in [2.45, 2.75) is 6.54 Å². The van der Waals surface area contributed by atoms with Crippen LogP contribution in [0.2, 0.25) is 5.02 Å².